The summed E-state index contributed by atoms with van der Waals surface area (Å²) in [5.74, 6) is -2.05. The largest absolute Gasteiger partial charge is 0.463 e. The van der Waals surface area contributed by atoms with Crippen molar-refractivity contribution in [1.82, 2.24) is 9.55 Å². The van der Waals surface area contributed by atoms with Gasteiger partial charge in [0.25, 0.3) is 5.56 Å². The summed E-state index contributed by atoms with van der Waals surface area (Å²) in [4.78, 5) is 60.6. The van der Waals surface area contributed by atoms with Crippen LogP contribution >= 0.6 is 0 Å². The van der Waals surface area contributed by atoms with Gasteiger partial charge in [0.05, 0.1) is 18.7 Å². The summed E-state index contributed by atoms with van der Waals surface area (Å²) in [6.45, 7) is 2.64. The van der Waals surface area contributed by atoms with Crippen molar-refractivity contribution < 1.29 is 38.4 Å². The summed E-state index contributed by atoms with van der Waals surface area (Å²) >= 11 is 0. The Kier molecular flexibility index (Phi) is 7.29. The zero-order chi connectivity index (χ0) is 21.7. The average Bonchev–Trinajstić information content (AvgIpc) is 2.92. The molecule has 12 nitrogen and oxygen atoms in total. The maximum Gasteiger partial charge on any atom is 0.328 e. The molecule has 2 rings (SSSR count). The third kappa shape index (κ3) is 5.51. The van der Waals surface area contributed by atoms with E-state index in [1.165, 1.54) is 6.92 Å². The lowest BCUT2D eigenvalue weighted by Gasteiger charge is -2.23. The lowest BCUT2D eigenvalue weighted by Crippen LogP contribution is -2.41. The van der Waals surface area contributed by atoms with E-state index in [-0.39, 0.29) is 25.3 Å². The Morgan fingerprint density at radius 3 is 2.28 bits per heavy atom. The normalized spacial score (nSPS) is 23.4. The van der Waals surface area contributed by atoms with Crippen molar-refractivity contribution in [3.8, 4) is 0 Å². The van der Waals surface area contributed by atoms with Crippen LogP contribution in [0.3, 0.4) is 0 Å². The van der Waals surface area contributed by atoms with Gasteiger partial charge in [-0.15, -0.1) is 0 Å². The molecule has 0 aromatic carbocycles. The van der Waals surface area contributed by atoms with E-state index in [2.05, 4.69) is 4.98 Å². The second kappa shape index (κ2) is 9.47. The number of carbonyl (C=O) groups excluding carboxylic acids is 3. The topological polar surface area (TPSA) is 163 Å². The maximum absolute atomic E-state index is 12.4. The summed E-state index contributed by atoms with van der Waals surface area (Å²) in [5, 5.41) is 9.09. The molecule has 1 aromatic heterocycles. The number of nitrogens with one attached hydrogen (secondary N) is 1. The highest BCUT2D eigenvalue weighted by Crippen LogP contribution is 2.36. The first-order chi connectivity index (χ1) is 13.6. The number of aromatic nitrogens is 2. The first-order valence-corrected chi connectivity index (χ1v) is 8.71. The minimum absolute atomic E-state index is 0.0909. The molecule has 0 saturated carbocycles. The van der Waals surface area contributed by atoms with E-state index >= 15 is 0 Å². The minimum Gasteiger partial charge on any atom is -0.463 e. The number of carbonyl (C=O) groups is 3. The summed E-state index contributed by atoms with van der Waals surface area (Å²) in [6.07, 6.45) is -3.50. The summed E-state index contributed by atoms with van der Waals surface area (Å²) in [7, 11) is 0. The van der Waals surface area contributed by atoms with Crippen LogP contribution in [-0.2, 0) is 39.9 Å². The second-order valence-corrected chi connectivity index (χ2v) is 6.31. The van der Waals surface area contributed by atoms with Gasteiger partial charge in [-0.05, 0) is 0 Å². The van der Waals surface area contributed by atoms with Crippen LogP contribution in [0.4, 0.5) is 0 Å². The van der Waals surface area contributed by atoms with E-state index in [1.807, 2.05) is 0 Å². The van der Waals surface area contributed by atoms with Gasteiger partial charge in [0.1, 0.15) is 18.8 Å². The van der Waals surface area contributed by atoms with Gasteiger partial charge in [-0.25, -0.2) is 4.79 Å². The van der Waals surface area contributed by atoms with Crippen LogP contribution < -0.4 is 11.2 Å². The number of aromatic amines is 1. The van der Waals surface area contributed by atoms with Crippen molar-refractivity contribution in [3.63, 3.8) is 0 Å². The Morgan fingerprint density at radius 1 is 1.10 bits per heavy atom. The van der Waals surface area contributed by atoms with Crippen molar-refractivity contribution in [2.24, 2.45) is 0 Å². The molecule has 29 heavy (non-hydrogen) atoms. The van der Waals surface area contributed by atoms with Crippen molar-refractivity contribution in [1.29, 1.82) is 0 Å². The van der Waals surface area contributed by atoms with E-state index in [0.29, 0.717) is 0 Å². The smallest absolute Gasteiger partial charge is 0.328 e. The average molecular weight is 414 g/mol. The molecule has 2 N–H and O–H groups in total. The van der Waals surface area contributed by atoms with Crippen LogP contribution in [0.1, 0.15) is 32.4 Å². The Hall–Kier alpha value is -2.99. The summed E-state index contributed by atoms with van der Waals surface area (Å²) in [5.41, 5.74) is -1.64. The minimum atomic E-state index is -1.24. The fourth-order valence-electron chi connectivity index (χ4n) is 2.97. The lowest BCUT2D eigenvalue weighted by atomic mass is 10.0. The molecular weight excluding hydrogens is 392 g/mol. The molecule has 4 atom stereocenters. The molecule has 2 unspecified atom stereocenters. The molecule has 0 spiro atoms. The van der Waals surface area contributed by atoms with Gasteiger partial charge in [-0.2, -0.15) is 0 Å². The molecule has 0 radical (unpaired) electrons. The lowest BCUT2D eigenvalue weighted by molar-refractivity contribution is -0.165. The molecule has 0 bridgehead atoms. The van der Waals surface area contributed by atoms with Crippen molar-refractivity contribution in [2.75, 3.05) is 13.2 Å². The van der Waals surface area contributed by atoms with Crippen molar-refractivity contribution in [3.05, 3.63) is 32.6 Å². The number of esters is 3. The fraction of sp³-hybridized carbons (Fsp3) is 0.588. The zero-order valence-corrected chi connectivity index (χ0v) is 16.1. The summed E-state index contributed by atoms with van der Waals surface area (Å²) < 4.78 is 22.2. The van der Waals surface area contributed by atoms with Crippen LogP contribution in [0.15, 0.2) is 15.8 Å². The number of hydrogen-bond donors (Lipinski definition) is 2. The fourth-order valence-corrected chi connectivity index (χ4v) is 2.97. The SMILES string of the molecule is CC(=O)OC[C@H]1O[C@@H](c2cn(CCO)c(=O)[nH]c2=O)C(OC(C)=O)C1OC(C)=O. The van der Waals surface area contributed by atoms with Gasteiger partial charge in [0, 0.05) is 27.0 Å². The monoisotopic (exact) mass is 414 g/mol. The van der Waals surface area contributed by atoms with Crippen LogP contribution in [0.5, 0.6) is 0 Å². The maximum atomic E-state index is 12.4. The molecule has 2 heterocycles. The molecule has 0 amide bonds. The van der Waals surface area contributed by atoms with E-state index in [0.717, 1.165) is 24.6 Å². The molecule has 1 saturated heterocycles. The van der Waals surface area contributed by atoms with Gasteiger partial charge >= 0.3 is 23.6 Å². The third-order valence-electron chi connectivity index (χ3n) is 4.05. The first kappa shape index (κ1) is 22.3. The van der Waals surface area contributed by atoms with Crippen LogP contribution in [0.25, 0.3) is 0 Å². The van der Waals surface area contributed by atoms with Gasteiger partial charge < -0.3 is 24.1 Å². The highest BCUT2D eigenvalue weighted by molar-refractivity contribution is 5.68. The molecule has 160 valence electrons. The number of nitrogens with zero attached hydrogens (tertiary/aromatic N) is 1. The van der Waals surface area contributed by atoms with Gasteiger partial charge in [-0.3, -0.25) is 28.7 Å². The molecule has 0 aliphatic carbocycles. The quantitative estimate of drug-likeness (QED) is 0.392. The van der Waals surface area contributed by atoms with Crippen molar-refractivity contribution in [2.45, 2.75) is 51.7 Å². The van der Waals surface area contributed by atoms with Crippen molar-refractivity contribution >= 4 is 17.9 Å². The number of rotatable bonds is 7. The third-order valence-corrected chi connectivity index (χ3v) is 4.05. The zero-order valence-electron chi connectivity index (χ0n) is 16.1. The number of aliphatic hydroxyl groups excluding tert-OH is 1. The van der Waals surface area contributed by atoms with Gasteiger partial charge in [0.2, 0.25) is 0 Å². The predicted octanol–water partition coefficient (Wildman–Crippen LogP) is -1.60. The van der Waals surface area contributed by atoms with E-state index in [1.54, 1.807) is 0 Å². The number of aliphatic hydroxyl groups is 1. The van der Waals surface area contributed by atoms with E-state index in [9.17, 15) is 24.0 Å². The Bertz CT molecular complexity index is 889. The van der Waals surface area contributed by atoms with Crippen LogP contribution in [-0.4, -0.2) is 64.1 Å². The molecule has 1 fully saturated rings. The Labute approximate surface area is 164 Å². The van der Waals surface area contributed by atoms with E-state index in [4.69, 9.17) is 24.1 Å². The number of hydrogen-bond acceptors (Lipinski definition) is 10. The molecule has 1 aliphatic rings. The first-order valence-electron chi connectivity index (χ1n) is 8.71. The molecule has 12 heteroatoms. The molecule has 1 aliphatic heterocycles. The van der Waals surface area contributed by atoms with Crippen LogP contribution in [0.2, 0.25) is 0 Å². The number of H-pyrrole nitrogens is 1. The highest BCUT2D eigenvalue weighted by atomic mass is 16.6. The Balaban J connectivity index is 2.49. The van der Waals surface area contributed by atoms with E-state index < -0.39 is 53.6 Å². The second-order valence-electron chi connectivity index (χ2n) is 6.31. The van der Waals surface area contributed by atoms with Gasteiger partial charge in [-0.1, -0.05) is 0 Å². The predicted molar refractivity (Wildman–Crippen MR) is 93.8 cm³/mol. The number of ether oxygens (including phenoxy) is 4. The highest BCUT2D eigenvalue weighted by Gasteiger charge is 2.51. The van der Waals surface area contributed by atoms with Crippen LogP contribution in [0, 0.1) is 0 Å². The molecular formula is C17H22N2O10. The summed E-state index contributed by atoms with van der Waals surface area (Å²) in [6, 6.07) is 0. The molecule has 1 aromatic rings. The standard InChI is InChI=1S/C17H22N2O10/c1-8(21)26-7-12-14(27-9(2)22)15(28-10(3)23)13(29-12)11-6-19(4-5-20)17(25)18-16(11)24/h6,12-15,20H,4-5,7H2,1-3H3,(H,18,24,25)/t12-,13+,14?,15?/m1/s1. The Morgan fingerprint density at radius 2 is 1.72 bits per heavy atom. The van der Waals surface area contributed by atoms with Gasteiger partial charge in [0.15, 0.2) is 12.2 Å².